The number of nitrogens with two attached hydrogens (primary N) is 1. The van der Waals surface area contributed by atoms with Gasteiger partial charge in [0.15, 0.2) is 0 Å². The lowest BCUT2D eigenvalue weighted by Crippen LogP contribution is -2.47. The van der Waals surface area contributed by atoms with Gasteiger partial charge in [-0.15, -0.1) is 0 Å². The fourth-order valence-corrected chi connectivity index (χ4v) is 3.38. The predicted octanol–water partition coefficient (Wildman–Crippen LogP) is 1.10. The average molecular weight is 253 g/mol. The molecule has 3 atom stereocenters. The number of likely N-dealkylation sites (N-methyl/N-ethyl adjacent to an activating group) is 1. The summed E-state index contributed by atoms with van der Waals surface area (Å²) in [6.07, 6.45) is 6.77. The number of hydrogen-bond donors (Lipinski definition) is 2. The van der Waals surface area contributed by atoms with Gasteiger partial charge in [0, 0.05) is 18.6 Å². The lowest BCUT2D eigenvalue weighted by molar-refractivity contribution is -0.126. The third-order valence-corrected chi connectivity index (χ3v) is 4.57. The molecule has 18 heavy (non-hydrogen) atoms. The van der Waals surface area contributed by atoms with Crippen molar-refractivity contribution in [3.8, 4) is 0 Å². The van der Waals surface area contributed by atoms with Gasteiger partial charge in [-0.3, -0.25) is 9.69 Å². The maximum absolute atomic E-state index is 12.2. The minimum atomic E-state index is 0.0511. The fraction of sp³-hybridized carbons (Fsp3) is 0.929. The Balaban J connectivity index is 1.77. The summed E-state index contributed by atoms with van der Waals surface area (Å²) in [7, 11) is 0. The van der Waals surface area contributed by atoms with Crippen LogP contribution in [0.15, 0.2) is 0 Å². The Morgan fingerprint density at radius 3 is 2.78 bits per heavy atom. The second-order valence-electron chi connectivity index (χ2n) is 5.72. The number of nitrogens with zero attached hydrogens (tertiary/aromatic N) is 1. The third-order valence-electron chi connectivity index (χ3n) is 4.57. The number of likely N-dealkylation sites (tertiary alicyclic amines) is 1. The maximum atomic E-state index is 12.2. The van der Waals surface area contributed by atoms with E-state index in [-0.39, 0.29) is 17.9 Å². The van der Waals surface area contributed by atoms with Gasteiger partial charge >= 0.3 is 0 Å². The standard InChI is InChI=1S/C14H27N3O/c1-2-17-9-5-6-11(17)10-16-14(18)12-7-3-4-8-13(12)15/h11-13H,2-10,15H2,1H3,(H,16,18). The fourth-order valence-electron chi connectivity index (χ4n) is 3.38. The number of rotatable bonds is 4. The molecule has 2 fully saturated rings. The van der Waals surface area contributed by atoms with Gasteiger partial charge < -0.3 is 11.1 Å². The molecule has 3 unspecified atom stereocenters. The van der Waals surface area contributed by atoms with Crippen molar-refractivity contribution in [2.45, 2.75) is 57.5 Å². The molecule has 1 saturated heterocycles. The summed E-state index contributed by atoms with van der Waals surface area (Å²) in [4.78, 5) is 14.6. The Hall–Kier alpha value is -0.610. The van der Waals surface area contributed by atoms with Crippen LogP contribution in [-0.2, 0) is 4.79 Å². The zero-order valence-corrected chi connectivity index (χ0v) is 11.5. The summed E-state index contributed by atoms with van der Waals surface area (Å²) in [5, 5.41) is 3.13. The zero-order chi connectivity index (χ0) is 13.0. The Morgan fingerprint density at radius 1 is 1.28 bits per heavy atom. The number of nitrogens with one attached hydrogen (secondary N) is 1. The van der Waals surface area contributed by atoms with E-state index in [1.165, 1.54) is 25.8 Å². The van der Waals surface area contributed by atoms with Crippen molar-refractivity contribution in [3.63, 3.8) is 0 Å². The Labute approximate surface area is 110 Å². The van der Waals surface area contributed by atoms with Crippen molar-refractivity contribution < 1.29 is 4.79 Å². The Bertz CT molecular complexity index is 282. The van der Waals surface area contributed by atoms with Gasteiger partial charge in [0.2, 0.25) is 5.91 Å². The number of carbonyl (C=O) groups is 1. The molecule has 4 nitrogen and oxygen atoms in total. The molecule has 1 aliphatic heterocycles. The molecule has 1 saturated carbocycles. The van der Waals surface area contributed by atoms with E-state index < -0.39 is 0 Å². The van der Waals surface area contributed by atoms with Gasteiger partial charge in [-0.2, -0.15) is 0 Å². The highest BCUT2D eigenvalue weighted by atomic mass is 16.1. The van der Waals surface area contributed by atoms with Gasteiger partial charge in [-0.05, 0) is 38.8 Å². The molecule has 0 spiro atoms. The molecule has 0 bridgehead atoms. The van der Waals surface area contributed by atoms with Gasteiger partial charge in [-0.1, -0.05) is 19.8 Å². The lowest BCUT2D eigenvalue weighted by atomic mass is 9.84. The summed E-state index contributed by atoms with van der Waals surface area (Å²) in [5.41, 5.74) is 6.05. The minimum absolute atomic E-state index is 0.0511. The van der Waals surface area contributed by atoms with Crippen LogP contribution >= 0.6 is 0 Å². The van der Waals surface area contributed by atoms with Crippen molar-refractivity contribution in [1.29, 1.82) is 0 Å². The zero-order valence-electron chi connectivity index (χ0n) is 11.5. The van der Waals surface area contributed by atoms with Crippen molar-refractivity contribution in [1.82, 2.24) is 10.2 Å². The highest BCUT2D eigenvalue weighted by Crippen LogP contribution is 2.23. The van der Waals surface area contributed by atoms with Gasteiger partial charge in [-0.25, -0.2) is 0 Å². The van der Waals surface area contributed by atoms with E-state index in [0.717, 1.165) is 32.4 Å². The smallest absolute Gasteiger partial charge is 0.224 e. The molecule has 1 amide bonds. The molecule has 0 aromatic carbocycles. The average Bonchev–Trinajstić information content (AvgIpc) is 2.84. The highest BCUT2D eigenvalue weighted by Gasteiger charge is 2.29. The molecule has 3 N–H and O–H groups in total. The van der Waals surface area contributed by atoms with Crippen molar-refractivity contribution >= 4 is 5.91 Å². The molecule has 2 aliphatic rings. The highest BCUT2D eigenvalue weighted by molar-refractivity contribution is 5.79. The summed E-state index contributed by atoms with van der Waals surface area (Å²) >= 11 is 0. The van der Waals surface area contributed by atoms with Gasteiger partial charge in [0.1, 0.15) is 0 Å². The lowest BCUT2D eigenvalue weighted by Gasteiger charge is -2.29. The Kier molecular flexibility index (Phi) is 5.01. The second-order valence-corrected chi connectivity index (χ2v) is 5.72. The molecule has 2 rings (SSSR count). The number of hydrogen-bond acceptors (Lipinski definition) is 3. The molecular weight excluding hydrogens is 226 g/mol. The van der Waals surface area contributed by atoms with Crippen LogP contribution in [0, 0.1) is 5.92 Å². The van der Waals surface area contributed by atoms with Crippen LogP contribution in [0.5, 0.6) is 0 Å². The third kappa shape index (κ3) is 3.23. The molecular formula is C14H27N3O. The normalized spacial score (nSPS) is 33.6. The summed E-state index contributed by atoms with van der Waals surface area (Å²) < 4.78 is 0. The quantitative estimate of drug-likeness (QED) is 0.789. The predicted molar refractivity (Wildman–Crippen MR) is 73.2 cm³/mol. The van der Waals surface area contributed by atoms with Crippen molar-refractivity contribution in [3.05, 3.63) is 0 Å². The minimum Gasteiger partial charge on any atom is -0.354 e. The van der Waals surface area contributed by atoms with Crippen LogP contribution in [0.25, 0.3) is 0 Å². The largest absolute Gasteiger partial charge is 0.354 e. The monoisotopic (exact) mass is 253 g/mol. The van der Waals surface area contributed by atoms with E-state index in [4.69, 9.17) is 5.73 Å². The summed E-state index contributed by atoms with van der Waals surface area (Å²) in [5.74, 6) is 0.236. The summed E-state index contributed by atoms with van der Waals surface area (Å²) in [6.45, 7) is 5.26. The number of amides is 1. The maximum Gasteiger partial charge on any atom is 0.224 e. The van der Waals surface area contributed by atoms with Crippen LogP contribution in [0.4, 0.5) is 0 Å². The first-order chi connectivity index (χ1) is 8.72. The van der Waals surface area contributed by atoms with Crippen LogP contribution in [0.2, 0.25) is 0 Å². The molecule has 1 aliphatic carbocycles. The van der Waals surface area contributed by atoms with Crippen LogP contribution in [0.3, 0.4) is 0 Å². The SMILES string of the molecule is CCN1CCCC1CNC(=O)C1CCCCC1N. The molecule has 0 aromatic rings. The van der Waals surface area contributed by atoms with Crippen molar-refractivity contribution in [2.75, 3.05) is 19.6 Å². The molecule has 104 valence electrons. The second kappa shape index (κ2) is 6.53. The van der Waals surface area contributed by atoms with E-state index in [2.05, 4.69) is 17.1 Å². The molecule has 0 radical (unpaired) electrons. The van der Waals surface area contributed by atoms with E-state index in [1.807, 2.05) is 0 Å². The molecule has 1 heterocycles. The van der Waals surface area contributed by atoms with E-state index in [9.17, 15) is 4.79 Å². The van der Waals surface area contributed by atoms with E-state index >= 15 is 0 Å². The first-order valence-electron chi connectivity index (χ1n) is 7.49. The number of carbonyl (C=O) groups excluding carboxylic acids is 1. The van der Waals surface area contributed by atoms with Gasteiger partial charge in [0.05, 0.1) is 5.92 Å². The topological polar surface area (TPSA) is 58.4 Å². The molecule has 4 heteroatoms. The van der Waals surface area contributed by atoms with Crippen LogP contribution in [-0.4, -0.2) is 42.5 Å². The van der Waals surface area contributed by atoms with E-state index in [1.54, 1.807) is 0 Å². The first-order valence-corrected chi connectivity index (χ1v) is 7.49. The van der Waals surface area contributed by atoms with Gasteiger partial charge in [0.25, 0.3) is 0 Å². The first kappa shape index (κ1) is 13.8. The Morgan fingerprint density at radius 2 is 2.06 bits per heavy atom. The van der Waals surface area contributed by atoms with E-state index in [0.29, 0.717) is 6.04 Å². The van der Waals surface area contributed by atoms with Crippen LogP contribution in [0.1, 0.15) is 45.4 Å². The van der Waals surface area contributed by atoms with Crippen LogP contribution < -0.4 is 11.1 Å². The summed E-state index contributed by atoms with van der Waals surface area (Å²) in [6, 6.07) is 0.614. The van der Waals surface area contributed by atoms with Crippen molar-refractivity contribution in [2.24, 2.45) is 11.7 Å². The molecule has 0 aromatic heterocycles.